The number of hydrogen-bond acceptors (Lipinski definition) is 3. The van der Waals surface area contributed by atoms with Crippen molar-refractivity contribution in [3.8, 4) is 0 Å². The van der Waals surface area contributed by atoms with Gasteiger partial charge in [0.2, 0.25) is 0 Å². The third-order valence-corrected chi connectivity index (χ3v) is 6.94. The highest BCUT2D eigenvalue weighted by Gasteiger charge is 2.23. The zero-order chi connectivity index (χ0) is 21.1. The zero-order valence-corrected chi connectivity index (χ0v) is 18.8. The number of rotatable bonds is 5. The smallest absolute Gasteiger partial charge is 0.253 e. The number of likely N-dealkylation sites (N-methyl/N-ethyl adjacent to an activating group) is 1. The lowest BCUT2D eigenvalue weighted by atomic mass is 9.95. The third-order valence-electron chi connectivity index (χ3n) is 6.94. The van der Waals surface area contributed by atoms with Gasteiger partial charge in [-0.1, -0.05) is 37.5 Å². The molecule has 0 spiro atoms. The van der Waals surface area contributed by atoms with Gasteiger partial charge in [-0.25, -0.2) is 0 Å². The van der Waals surface area contributed by atoms with Crippen molar-refractivity contribution in [3.05, 3.63) is 52.8 Å². The van der Waals surface area contributed by atoms with Crippen molar-refractivity contribution < 1.29 is 4.79 Å². The molecule has 1 aromatic heterocycles. The molecule has 1 saturated carbocycles. The molecule has 0 unspecified atom stereocenters. The van der Waals surface area contributed by atoms with Crippen molar-refractivity contribution in [2.45, 2.75) is 58.5 Å². The molecule has 1 amide bonds. The van der Waals surface area contributed by atoms with Crippen LogP contribution in [-0.4, -0.2) is 48.6 Å². The second-order valence-electron chi connectivity index (χ2n) is 9.05. The summed E-state index contributed by atoms with van der Waals surface area (Å²) < 4.78 is 2.41. The minimum absolute atomic E-state index is 0.0401. The minimum Gasteiger partial charge on any atom is -0.369 e. The van der Waals surface area contributed by atoms with Gasteiger partial charge >= 0.3 is 0 Å². The quantitative estimate of drug-likeness (QED) is 0.802. The summed E-state index contributed by atoms with van der Waals surface area (Å²) in [4.78, 5) is 17.9. The number of hydrogen-bond donors (Lipinski definition) is 1. The van der Waals surface area contributed by atoms with Crippen LogP contribution in [-0.2, 0) is 6.54 Å². The number of carbonyl (C=O) groups is 1. The molecule has 5 heteroatoms. The van der Waals surface area contributed by atoms with Crippen LogP contribution in [0.15, 0.2) is 30.3 Å². The van der Waals surface area contributed by atoms with Crippen LogP contribution in [0.5, 0.6) is 0 Å². The Kier molecular flexibility index (Phi) is 6.47. The molecule has 30 heavy (non-hydrogen) atoms. The molecule has 1 aromatic carbocycles. The van der Waals surface area contributed by atoms with E-state index in [1.165, 1.54) is 49.0 Å². The van der Waals surface area contributed by atoms with E-state index >= 15 is 0 Å². The van der Waals surface area contributed by atoms with Gasteiger partial charge < -0.3 is 19.7 Å². The van der Waals surface area contributed by atoms with Gasteiger partial charge in [0, 0.05) is 55.8 Å². The number of para-hydroxylation sites is 1. The first-order chi connectivity index (χ1) is 14.5. The summed E-state index contributed by atoms with van der Waals surface area (Å²) in [5.41, 5.74) is 5.59. The van der Waals surface area contributed by atoms with Crippen molar-refractivity contribution >= 4 is 11.6 Å². The molecule has 2 fully saturated rings. The number of carbonyl (C=O) groups excluding carboxylic acids is 1. The summed E-state index contributed by atoms with van der Waals surface area (Å²) >= 11 is 0. The van der Waals surface area contributed by atoms with Gasteiger partial charge in [0.05, 0.1) is 5.56 Å². The summed E-state index contributed by atoms with van der Waals surface area (Å²) in [7, 11) is 2.17. The number of amides is 1. The Labute approximate surface area is 181 Å². The Hall–Kier alpha value is -2.27. The van der Waals surface area contributed by atoms with Crippen molar-refractivity contribution in [3.63, 3.8) is 0 Å². The first-order valence-corrected chi connectivity index (χ1v) is 11.5. The van der Waals surface area contributed by atoms with E-state index in [-0.39, 0.29) is 5.91 Å². The van der Waals surface area contributed by atoms with E-state index < -0.39 is 0 Å². The maximum absolute atomic E-state index is 13.1. The first kappa shape index (κ1) is 21.0. The number of piperazine rings is 1. The fourth-order valence-electron chi connectivity index (χ4n) is 5.20. The van der Waals surface area contributed by atoms with E-state index in [9.17, 15) is 4.79 Å². The Morgan fingerprint density at radius 1 is 1.03 bits per heavy atom. The highest BCUT2D eigenvalue weighted by atomic mass is 16.1. The molecule has 2 heterocycles. The number of aryl methyl sites for hydroxylation is 1. The highest BCUT2D eigenvalue weighted by Crippen LogP contribution is 2.32. The molecule has 1 aliphatic heterocycles. The predicted octanol–water partition coefficient (Wildman–Crippen LogP) is 4.29. The molecule has 5 nitrogen and oxygen atoms in total. The molecule has 1 saturated heterocycles. The molecule has 2 aromatic rings. The Morgan fingerprint density at radius 3 is 2.47 bits per heavy atom. The van der Waals surface area contributed by atoms with Gasteiger partial charge in [-0.3, -0.25) is 4.79 Å². The molecule has 0 bridgehead atoms. The number of aromatic nitrogens is 1. The monoisotopic (exact) mass is 408 g/mol. The predicted molar refractivity (Wildman–Crippen MR) is 123 cm³/mol. The molecule has 1 N–H and O–H groups in total. The number of nitrogens with zero attached hydrogens (tertiary/aromatic N) is 3. The van der Waals surface area contributed by atoms with Crippen LogP contribution in [0, 0.1) is 13.8 Å². The SMILES string of the molecule is Cc1cc(C(=O)NCc2ccccc2N2CCN(C)CC2)c(C)n1C1CCCCC1. The fourth-order valence-corrected chi connectivity index (χ4v) is 5.20. The van der Waals surface area contributed by atoms with Crippen LogP contribution < -0.4 is 10.2 Å². The average Bonchev–Trinajstić information content (AvgIpc) is 3.07. The van der Waals surface area contributed by atoms with Gasteiger partial charge in [0.1, 0.15) is 0 Å². The molecular weight excluding hydrogens is 372 g/mol. The second-order valence-corrected chi connectivity index (χ2v) is 9.05. The summed E-state index contributed by atoms with van der Waals surface area (Å²) in [5.74, 6) is 0.0401. The van der Waals surface area contributed by atoms with Crippen molar-refractivity contribution in [1.29, 1.82) is 0 Å². The lowest BCUT2D eigenvalue weighted by molar-refractivity contribution is 0.0950. The molecule has 162 valence electrons. The van der Waals surface area contributed by atoms with Gasteiger partial charge in [-0.05, 0) is 51.4 Å². The van der Waals surface area contributed by atoms with Gasteiger partial charge in [-0.15, -0.1) is 0 Å². The van der Waals surface area contributed by atoms with E-state index in [0.29, 0.717) is 12.6 Å². The number of benzene rings is 1. The van der Waals surface area contributed by atoms with Crippen molar-refractivity contribution in [2.75, 3.05) is 38.1 Å². The maximum Gasteiger partial charge on any atom is 0.253 e. The van der Waals surface area contributed by atoms with Crippen LogP contribution >= 0.6 is 0 Å². The van der Waals surface area contributed by atoms with E-state index in [4.69, 9.17) is 0 Å². The largest absolute Gasteiger partial charge is 0.369 e. The Bertz CT molecular complexity index is 873. The Morgan fingerprint density at radius 2 is 1.73 bits per heavy atom. The van der Waals surface area contributed by atoms with Crippen LogP contribution in [0.4, 0.5) is 5.69 Å². The van der Waals surface area contributed by atoms with Gasteiger partial charge in [0.25, 0.3) is 5.91 Å². The van der Waals surface area contributed by atoms with Gasteiger partial charge in [-0.2, -0.15) is 0 Å². The lowest BCUT2D eigenvalue weighted by Crippen LogP contribution is -2.45. The maximum atomic E-state index is 13.1. The molecule has 1 aliphatic carbocycles. The molecule has 4 rings (SSSR count). The number of anilines is 1. The molecule has 0 atom stereocenters. The minimum atomic E-state index is 0.0401. The molecular formula is C25H36N4O. The van der Waals surface area contributed by atoms with Crippen LogP contribution in [0.25, 0.3) is 0 Å². The van der Waals surface area contributed by atoms with Crippen molar-refractivity contribution in [2.24, 2.45) is 0 Å². The summed E-state index contributed by atoms with van der Waals surface area (Å²) in [6.45, 7) is 9.03. The average molecular weight is 409 g/mol. The normalized spacial score (nSPS) is 18.6. The summed E-state index contributed by atoms with van der Waals surface area (Å²) in [6, 6.07) is 11.1. The topological polar surface area (TPSA) is 40.5 Å². The highest BCUT2D eigenvalue weighted by molar-refractivity contribution is 5.95. The first-order valence-electron chi connectivity index (χ1n) is 11.5. The van der Waals surface area contributed by atoms with E-state index in [1.807, 2.05) is 0 Å². The lowest BCUT2D eigenvalue weighted by Gasteiger charge is -2.35. The summed E-state index contributed by atoms with van der Waals surface area (Å²) in [6.07, 6.45) is 6.40. The standard InChI is InChI=1S/C25H36N4O/c1-19-17-23(20(2)29(19)22-10-5-4-6-11-22)25(30)26-18-21-9-7-8-12-24(21)28-15-13-27(3)14-16-28/h7-9,12,17,22H,4-6,10-11,13-16,18H2,1-3H3,(H,26,30). The van der Waals surface area contributed by atoms with E-state index in [0.717, 1.165) is 37.4 Å². The zero-order valence-electron chi connectivity index (χ0n) is 18.8. The molecule has 2 aliphatic rings. The third kappa shape index (κ3) is 4.41. The van der Waals surface area contributed by atoms with E-state index in [2.05, 4.69) is 70.9 Å². The molecule has 0 radical (unpaired) electrons. The van der Waals surface area contributed by atoms with Crippen LogP contribution in [0.3, 0.4) is 0 Å². The number of nitrogens with one attached hydrogen (secondary N) is 1. The van der Waals surface area contributed by atoms with Crippen LogP contribution in [0.2, 0.25) is 0 Å². The fraction of sp³-hybridized carbons (Fsp3) is 0.560. The van der Waals surface area contributed by atoms with Crippen molar-refractivity contribution in [1.82, 2.24) is 14.8 Å². The Balaban J connectivity index is 1.46. The van der Waals surface area contributed by atoms with Crippen LogP contribution in [0.1, 0.15) is 65.5 Å². The van der Waals surface area contributed by atoms with Gasteiger partial charge in [0.15, 0.2) is 0 Å². The summed E-state index contributed by atoms with van der Waals surface area (Å²) in [5, 5.41) is 3.20. The van der Waals surface area contributed by atoms with E-state index in [1.54, 1.807) is 0 Å². The second kappa shape index (κ2) is 9.25.